The third kappa shape index (κ3) is 4.27. The van der Waals surface area contributed by atoms with Gasteiger partial charge in [-0.2, -0.15) is 0 Å². The number of imide groups is 1. The Morgan fingerprint density at radius 3 is 2.72 bits per heavy atom. The number of urea groups is 1. The molecule has 1 aromatic carbocycles. The predicted octanol–water partition coefficient (Wildman–Crippen LogP) is 2.93. The second-order valence-corrected chi connectivity index (χ2v) is 7.08. The van der Waals surface area contributed by atoms with Crippen LogP contribution in [0.2, 0.25) is 0 Å². The number of carbonyl (C=O) groups excluding carboxylic acids is 2. The van der Waals surface area contributed by atoms with Gasteiger partial charge in [0.15, 0.2) is 0 Å². The molecule has 3 rings (SSSR count). The van der Waals surface area contributed by atoms with Gasteiger partial charge in [-0.25, -0.2) is 4.79 Å². The van der Waals surface area contributed by atoms with Crippen LogP contribution in [-0.2, 0) is 11.2 Å². The number of thiophene rings is 1. The van der Waals surface area contributed by atoms with Gasteiger partial charge in [0.25, 0.3) is 0 Å². The first-order chi connectivity index (χ1) is 12.2. The summed E-state index contributed by atoms with van der Waals surface area (Å²) >= 11 is 1.66. The summed E-state index contributed by atoms with van der Waals surface area (Å²) in [5.74, 6) is -0.195. The lowest BCUT2D eigenvalue weighted by Crippen LogP contribution is -2.41. The maximum absolute atomic E-state index is 12.3. The molecule has 3 amide bonds. The Morgan fingerprint density at radius 2 is 2.12 bits per heavy atom. The van der Waals surface area contributed by atoms with Gasteiger partial charge < -0.3 is 5.32 Å². The number of hydrogen-bond donors (Lipinski definition) is 2. The van der Waals surface area contributed by atoms with Crippen molar-refractivity contribution in [2.24, 2.45) is 0 Å². The van der Waals surface area contributed by atoms with Gasteiger partial charge in [0, 0.05) is 18.0 Å². The molecule has 0 unspecified atom stereocenters. The Kier molecular flexibility index (Phi) is 5.83. The van der Waals surface area contributed by atoms with Crippen molar-refractivity contribution in [3.8, 4) is 0 Å². The molecule has 25 heavy (non-hydrogen) atoms. The Bertz CT molecular complexity index is 713. The predicted molar refractivity (Wildman–Crippen MR) is 99.7 cm³/mol. The lowest BCUT2D eigenvalue weighted by Gasteiger charge is -2.20. The van der Waals surface area contributed by atoms with Crippen LogP contribution in [-0.4, -0.2) is 36.5 Å². The van der Waals surface area contributed by atoms with Crippen molar-refractivity contribution in [3.05, 3.63) is 57.8 Å². The maximum atomic E-state index is 12.3. The standard InChI is InChI=1S/C19H23N3O2S/c1-2-4-14-6-8-15(9-7-14)18(16-5-3-12-25-16)21-13-17(23)22-11-10-20-19(22)24/h3,5-9,12,18,21H,2,4,10-11,13H2,1H3,(H,20,24)/t18-/m0/s1. The van der Waals surface area contributed by atoms with Crippen molar-refractivity contribution in [1.29, 1.82) is 0 Å². The van der Waals surface area contributed by atoms with Crippen molar-refractivity contribution in [3.63, 3.8) is 0 Å². The lowest BCUT2D eigenvalue weighted by atomic mass is 10.0. The average Bonchev–Trinajstić information content (AvgIpc) is 3.28. The first kappa shape index (κ1) is 17.6. The number of nitrogens with zero attached hydrogens (tertiary/aromatic N) is 1. The van der Waals surface area contributed by atoms with Crippen LogP contribution in [0.5, 0.6) is 0 Å². The minimum Gasteiger partial charge on any atom is -0.336 e. The summed E-state index contributed by atoms with van der Waals surface area (Å²) in [5.41, 5.74) is 2.45. The minimum absolute atomic E-state index is 0.0507. The maximum Gasteiger partial charge on any atom is 0.324 e. The van der Waals surface area contributed by atoms with E-state index < -0.39 is 0 Å². The van der Waals surface area contributed by atoms with Crippen molar-refractivity contribution in [2.45, 2.75) is 25.8 Å². The Labute approximate surface area is 152 Å². The van der Waals surface area contributed by atoms with E-state index in [1.165, 1.54) is 10.5 Å². The Morgan fingerprint density at radius 1 is 1.32 bits per heavy atom. The summed E-state index contributed by atoms with van der Waals surface area (Å²) in [4.78, 5) is 26.4. The molecule has 1 aliphatic rings. The largest absolute Gasteiger partial charge is 0.336 e. The van der Waals surface area contributed by atoms with Crippen LogP contribution in [0, 0.1) is 0 Å². The van der Waals surface area contributed by atoms with Gasteiger partial charge in [0.1, 0.15) is 0 Å². The van der Waals surface area contributed by atoms with Gasteiger partial charge >= 0.3 is 6.03 Å². The zero-order valence-electron chi connectivity index (χ0n) is 14.3. The van der Waals surface area contributed by atoms with E-state index in [1.807, 2.05) is 11.4 Å². The van der Waals surface area contributed by atoms with E-state index in [9.17, 15) is 9.59 Å². The number of benzene rings is 1. The van der Waals surface area contributed by atoms with Gasteiger partial charge in [-0.3, -0.25) is 15.0 Å². The molecule has 2 N–H and O–H groups in total. The summed E-state index contributed by atoms with van der Waals surface area (Å²) < 4.78 is 0. The smallest absolute Gasteiger partial charge is 0.324 e. The van der Waals surface area contributed by atoms with Gasteiger partial charge in [0.2, 0.25) is 5.91 Å². The van der Waals surface area contributed by atoms with Gasteiger partial charge in [-0.05, 0) is 29.0 Å². The molecule has 6 heteroatoms. The average molecular weight is 357 g/mol. The molecule has 1 aromatic heterocycles. The van der Waals surface area contributed by atoms with Gasteiger partial charge in [-0.15, -0.1) is 11.3 Å². The molecule has 0 bridgehead atoms. The van der Waals surface area contributed by atoms with Crippen LogP contribution in [0.3, 0.4) is 0 Å². The molecule has 2 heterocycles. The summed E-state index contributed by atoms with van der Waals surface area (Å²) in [5, 5.41) is 8.02. The minimum atomic E-state index is -0.302. The molecule has 2 aromatic rings. The van der Waals surface area contributed by atoms with E-state index in [4.69, 9.17) is 0 Å². The number of rotatable bonds is 7. The highest BCUT2D eigenvalue weighted by Crippen LogP contribution is 2.26. The summed E-state index contributed by atoms with van der Waals surface area (Å²) in [7, 11) is 0. The van der Waals surface area contributed by atoms with E-state index >= 15 is 0 Å². The fourth-order valence-corrected chi connectivity index (χ4v) is 3.82. The SMILES string of the molecule is CCCc1ccc([C@H](NCC(=O)N2CCNC2=O)c2cccs2)cc1. The molecule has 0 aliphatic carbocycles. The molecule has 1 aliphatic heterocycles. The fourth-order valence-electron chi connectivity index (χ4n) is 3.00. The van der Waals surface area contributed by atoms with E-state index in [0.29, 0.717) is 13.1 Å². The molecule has 132 valence electrons. The van der Waals surface area contributed by atoms with Crippen LogP contribution in [0.1, 0.15) is 35.4 Å². The van der Waals surface area contributed by atoms with E-state index in [2.05, 4.69) is 47.9 Å². The third-order valence-electron chi connectivity index (χ3n) is 4.29. The molecule has 5 nitrogen and oxygen atoms in total. The summed E-state index contributed by atoms with van der Waals surface area (Å²) in [6.07, 6.45) is 2.19. The first-order valence-corrected chi connectivity index (χ1v) is 9.51. The van der Waals surface area contributed by atoms with Crippen molar-refractivity contribution in [1.82, 2.24) is 15.5 Å². The number of nitrogens with one attached hydrogen (secondary N) is 2. The highest BCUT2D eigenvalue weighted by Gasteiger charge is 2.26. The molecular formula is C19H23N3O2S. The lowest BCUT2D eigenvalue weighted by molar-refractivity contribution is -0.126. The highest BCUT2D eigenvalue weighted by molar-refractivity contribution is 7.10. The van der Waals surface area contributed by atoms with Crippen LogP contribution >= 0.6 is 11.3 Å². The topological polar surface area (TPSA) is 61.4 Å². The van der Waals surface area contributed by atoms with Crippen molar-refractivity contribution < 1.29 is 9.59 Å². The number of amides is 3. The first-order valence-electron chi connectivity index (χ1n) is 8.63. The van der Waals surface area contributed by atoms with Gasteiger partial charge in [-0.1, -0.05) is 43.7 Å². The second-order valence-electron chi connectivity index (χ2n) is 6.10. The normalized spacial score (nSPS) is 15.2. The Balaban J connectivity index is 1.72. The molecule has 0 saturated carbocycles. The number of hydrogen-bond acceptors (Lipinski definition) is 4. The van der Waals surface area contributed by atoms with Crippen LogP contribution in [0.15, 0.2) is 41.8 Å². The summed E-state index contributed by atoms with van der Waals surface area (Å²) in [6.45, 7) is 3.27. The molecular weight excluding hydrogens is 334 g/mol. The van der Waals surface area contributed by atoms with E-state index in [1.54, 1.807) is 11.3 Å². The van der Waals surface area contributed by atoms with Crippen LogP contribution in [0.25, 0.3) is 0 Å². The van der Waals surface area contributed by atoms with Crippen LogP contribution < -0.4 is 10.6 Å². The fraction of sp³-hybridized carbons (Fsp3) is 0.368. The van der Waals surface area contributed by atoms with E-state index in [0.717, 1.165) is 23.3 Å². The third-order valence-corrected chi connectivity index (χ3v) is 5.23. The highest BCUT2D eigenvalue weighted by atomic mass is 32.1. The molecule has 0 spiro atoms. The zero-order valence-corrected chi connectivity index (χ0v) is 15.1. The number of aryl methyl sites for hydroxylation is 1. The summed E-state index contributed by atoms with van der Waals surface area (Å²) in [6, 6.07) is 12.3. The van der Waals surface area contributed by atoms with Crippen LogP contribution in [0.4, 0.5) is 4.79 Å². The van der Waals surface area contributed by atoms with Gasteiger partial charge in [0.05, 0.1) is 12.6 Å². The Hall–Kier alpha value is -2.18. The molecule has 0 radical (unpaired) electrons. The molecule has 1 atom stereocenters. The molecule has 1 fully saturated rings. The number of carbonyl (C=O) groups is 2. The van der Waals surface area contributed by atoms with Crippen molar-refractivity contribution >= 4 is 23.3 Å². The quantitative estimate of drug-likeness (QED) is 0.801. The van der Waals surface area contributed by atoms with Crippen molar-refractivity contribution in [2.75, 3.05) is 19.6 Å². The zero-order chi connectivity index (χ0) is 17.6. The second kappa shape index (κ2) is 8.27. The molecule has 1 saturated heterocycles. The monoisotopic (exact) mass is 357 g/mol. The van der Waals surface area contributed by atoms with E-state index in [-0.39, 0.29) is 24.5 Å².